The molecule has 2 aliphatic rings. The summed E-state index contributed by atoms with van der Waals surface area (Å²) in [6.07, 6.45) is 4.27. The maximum absolute atomic E-state index is 13.7. The van der Waals surface area contributed by atoms with Gasteiger partial charge in [0.1, 0.15) is 22.8 Å². The van der Waals surface area contributed by atoms with E-state index in [0.717, 1.165) is 31.7 Å². The molecule has 0 saturated carbocycles. The molecule has 9 heteroatoms. The van der Waals surface area contributed by atoms with E-state index in [-0.39, 0.29) is 23.4 Å². The van der Waals surface area contributed by atoms with Crippen molar-refractivity contribution < 1.29 is 18.3 Å². The Kier molecular flexibility index (Phi) is 5.00. The quantitative estimate of drug-likeness (QED) is 0.620. The normalized spacial score (nSPS) is 17.8. The lowest BCUT2D eigenvalue weighted by molar-refractivity contribution is -0.161. The summed E-state index contributed by atoms with van der Waals surface area (Å²) >= 11 is 0. The van der Waals surface area contributed by atoms with E-state index in [2.05, 4.69) is 25.5 Å². The average Bonchev–Trinajstić information content (AvgIpc) is 3.01. The third-order valence-corrected chi connectivity index (χ3v) is 6.27. The predicted molar refractivity (Wildman–Crippen MR) is 118 cm³/mol. The van der Waals surface area contributed by atoms with Crippen LogP contribution < -0.4 is 15.5 Å². The van der Waals surface area contributed by atoms with Gasteiger partial charge < -0.3 is 24.7 Å². The summed E-state index contributed by atoms with van der Waals surface area (Å²) in [5, 5.41) is 6.45. The molecule has 2 fully saturated rings. The van der Waals surface area contributed by atoms with Crippen LogP contribution in [0.5, 0.6) is 0 Å². The highest BCUT2D eigenvalue weighted by Crippen LogP contribution is 2.37. The van der Waals surface area contributed by atoms with E-state index in [0.29, 0.717) is 28.4 Å². The summed E-state index contributed by atoms with van der Waals surface area (Å²) < 4.78 is 25.2. The minimum absolute atomic E-state index is 0.00653. The van der Waals surface area contributed by atoms with Gasteiger partial charge in [0.05, 0.1) is 43.8 Å². The number of nitrogens with zero attached hydrogens (tertiary/aromatic N) is 3. The predicted octanol–water partition coefficient (Wildman–Crippen LogP) is 4.17. The molecule has 1 atom stereocenters. The SMILES string of the molecule is Cc1c([C@@H](NC(=O)Nc2cnc(N3CC4(CCO4)C3)nc2)C(C)C)oc2ccc(F)cc12. The molecule has 1 aromatic carbocycles. The van der Waals surface area contributed by atoms with Crippen LogP contribution in [0.15, 0.2) is 35.0 Å². The fourth-order valence-electron chi connectivity index (χ4n) is 4.33. The van der Waals surface area contributed by atoms with Gasteiger partial charge in [0.15, 0.2) is 0 Å². The Morgan fingerprint density at radius 3 is 2.59 bits per heavy atom. The molecule has 0 bridgehead atoms. The number of ether oxygens (including phenoxy) is 1. The molecule has 168 valence electrons. The van der Waals surface area contributed by atoms with Crippen molar-refractivity contribution in [1.82, 2.24) is 15.3 Å². The van der Waals surface area contributed by atoms with E-state index in [1.165, 1.54) is 12.1 Å². The first-order valence-corrected chi connectivity index (χ1v) is 10.8. The molecule has 1 spiro atoms. The number of fused-ring (bicyclic) bond motifs is 1. The Morgan fingerprint density at radius 1 is 1.25 bits per heavy atom. The van der Waals surface area contributed by atoms with Crippen molar-refractivity contribution in [2.75, 3.05) is 29.9 Å². The van der Waals surface area contributed by atoms with Gasteiger partial charge >= 0.3 is 6.03 Å². The summed E-state index contributed by atoms with van der Waals surface area (Å²) in [5.41, 5.74) is 1.91. The van der Waals surface area contributed by atoms with Gasteiger partial charge in [-0.05, 0) is 31.0 Å². The van der Waals surface area contributed by atoms with Gasteiger partial charge in [0, 0.05) is 17.4 Å². The number of rotatable bonds is 5. The number of aryl methyl sites for hydroxylation is 1. The lowest BCUT2D eigenvalue weighted by atomic mass is 9.87. The third-order valence-electron chi connectivity index (χ3n) is 6.27. The highest BCUT2D eigenvalue weighted by atomic mass is 19.1. The van der Waals surface area contributed by atoms with E-state index in [1.807, 2.05) is 20.8 Å². The number of carbonyl (C=O) groups excluding carboxylic acids is 1. The summed E-state index contributed by atoms with van der Waals surface area (Å²) in [7, 11) is 0. The van der Waals surface area contributed by atoms with Crippen LogP contribution in [-0.4, -0.2) is 41.3 Å². The van der Waals surface area contributed by atoms with Gasteiger partial charge in [0.2, 0.25) is 5.95 Å². The molecule has 32 heavy (non-hydrogen) atoms. The van der Waals surface area contributed by atoms with E-state index in [4.69, 9.17) is 9.15 Å². The Morgan fingerprint density at radius 2 is 1.97 bits per heavy atom. The van der Waals surface area contributed by atoms with Crippen LogP contribution >= 0.6 is 0 Å². The second-order valence-corrected chi connectivity index (χ2v) is 8.96. The highest BCUT2D eigenvalue weighted by molar-refractivity contribution is 5.89. The zero-order valence-corrected chi connectivity index (χ0v) is 18.3. The van der Waals surface area contributed by atoms with Gasteiger partial charge in [-0.25, -0.2) is 19.2 Å². The third kappa shape index (κ3) is 3.66. The minimum atomic E-state index is -0.392. The van der Waals surface area contributed by atoms with E-state index in [9.17, 15) is 9.18 Å². The minimum Gasteiger partial charge on any atom is -0.459 e. The van der Waals surface area contributed by atoms with Gasteiger partial charge in [-0.3, -0.25) is 0 Å². The van der Waals surface area contributed by atoms with Gasteiger partial charge in [-0.1, -0.05) is 13.8 Å². The van der Waals surface area contributed by atoms with Crippen molar-refractivity contribution in [1.29, 1.82) is 0 Å². The monoisotopic (exact) mass is 439 g/mol. The number of halogens is 1. The first-order chi connectivity index (χ1) is 15.3. The fraction of sp³-hybridized carbons (Fsp3) is 0.435. The smallest absolute Gasteiger partial charge is 0.319 e. The first kappa shape index (κ1) is 20.7. The number of amides is 2. The molecule has 5 rings (SSSR count). The van der Waals surface area contributed by atoms with Crippen molar-refractivity contribution >= 4 is 28.6 Å². The van der Waals surface area contributed by atoms with E-state index < -0.39 is 6.03 Å². The van der Waals surface area contributed by atoms with Crippen LogP contribution in [-0.2, 0) is 4.74 Å². The van der Waals surface area contributed by atoms with Crippen molar-refractivity contribution in [3.05, 3.63) is 47.7 Å². The maximum atomic E-state index is 13.7. The summed E-state index contributed by atoms with van der Waals surface area (Å²) in [6.45, 7) is 8.28. The molecule has 4 heterocycles. The number of furan rings is 1. The standard InChI is InChI=1S/C23H26FN5O3/c1-13(2)19(20-14(3)17-8-15(24)4-5-18(17)32-20)28-22(30)27-16-9-25-21(26-10-16)29-11-23(12-29)6-7-31-23/h4-5,8-10,13,19H,6-7,11-12H2,1-3H3,(H2,27,28,30)/t19-/m0/s1. The lowest BCUT2D eigenvalue weighted by Gasteiger charge is -2.54. The molecule has 3 aromatic rings. The molecule has 2 aromatic heterocycles. The fourth-order valence-corrected chi connectivity index (χ4v) is 4.33. The summed E-state index contributed by atoms with van der Waals surface area (Å²) in [6, 6.07) is 3.64. The number of hydrogen-bond donors (Lipinski definition) is 2. The molecule has 0 aliphatic carbocycles. The molecule has 0 radical (unpaired) electrons. The van der Waals surface area contributed by atoms with Gasteiger partial charge in [-0.2, -0.15) is 0 Å². The summed E-state index contributed by atoms with van der Waals surface area (Å²) in [5.74, 6) is 0.974. The molecule has 2 N–H and O–H groups in total. The number of aromatic nitrogens is 2. The van der Waals surface area contributed by atoms with E-state index >= 15 is 0 Å². The molecule has 2 saturated heterocycles. The number of nitrogens with one attached hydrogen (secondary N) is 2. The zero-order chi connectivity index (χ0) is 22.5. The molecular formula is C23H26FN5O3. The Bertz CT molecular complexity index is 1150. The largest absolute Gasteiger partial charge is 0.459 e. The highest BCUT2D eigenvalue weighted by Gasteiger charge is 2.50. The average molecular weight is 439 g/mol. The Hall–Kier alpha value is -3.20. The number of urea groups is 1. The van der Waals surface area contributed by atoms with Gasteiger partial charge in [-0.15, -0.1) is 0 Å². The number of hydrogen-bond acceptors (Lipinski definition) is 6. The van der Waals surface area contributed by atoms with Crippen molar-refractivity contribution in [2.24, 2.45) is 5.92 Å². The first-order valence-electron chi connectivity index (χ1n) is 10.8. The molecular weight excluding hydrogens is 413 g/mol. The number of carbonyl (C=O) groups is 1. The van der Waals surface area contributed by atoms with Crippen LogP contribution in [0.3, 0.4) is 0 Å². The van der Waals surface area contributed by atoms with Crippen LogP contribution in [0.2, 0.25) is 0 Å². The molecule has 8 nitrogen and oxygen atoms in total. The Labute approximate surface area is 185 Å². The van der Waals surface area contributed by atoms with Crippen molar-refractivity contribution in [3.63, 3.8) is 0 Å². The number of anilines is 2. The lowest BCUT2D eigenvalue weighted by Crippen LogP contribution is -2.68. The van der Waals surface area contributed by atoms with Crippen LogP contribution in [0, 0.1) is 18.7 Å². The molecule has 2 amide bonds. The second kappa shape index (κ2) is 7.74. The second-order valence-electron chi connectivity index (χ2n) is 8.96. The zero-order valence-electron chi connectivity index (χ0n) is 18.3. The van der Waals surface area contributed by atoms with Crippen molar-refractivity contribution in [2.45, 2.75) is 38.8 Å². The molecule has 2 aliphatic heterocycles. The topological polar surface area (TPSA) is 92.5 Å². The summed E-state index contributed by atoms with van der Waals surface area (Å²) in [4.78, 5) is 23.5. The van der Waals surface area contributed by atoms with Crippen LogP contribution in [0.4, 0.5) is 20.8 Å². The maximum Gasteiger partial charge on any atom is 0.319 e. The van der Waals surface area contributed by atoms with Gasteiger partial charge in [0.25, 0.3) is 0 Å². The molecule has 0 unspecified atom stereocenters. The van der Waals surface area contributed by atoms with E-state index in [1.54, 1.807) is 18.5 Å². The van der Waals surface area contributed by atoms with Crippen LogP contribution in [0.1, 0.15) is 37.6 Å². The van der Waals surface area contributed by atoms with Crippen molar-refractivity contribution in [3.8, 4) is 0 Å². The number of benzene rings is 1. The van der Waals surface area contributed by atoms with Crippen LogP contribution in [0.25, 0.3) is 11.0 Å². The Balaban J connectivity index is 1.25.